The molecule has 0 aromatic heterocycles. The molecule has 2 N–H and O–H groups in total. The Bertz CT molecular complexity index is 444. The van der Waals surface area contributed by atoms with Crippen molar-refractivity contribution < 1.29 is 4.74 Å². The van der Waals surface area contributed by atoms with E-state index in [4.69, 9.17) is 10.5 Å². The number of methoxy groups -OCH3 is 1. The second-order valence-electron chi connectivity index (χ2n) is 6.88. The van der Waals surface area contributed by atoms with Gasteiger partial charge in [-0.3, -0.25) is 0 Å². The Morgan fingerprint density at radius 3 is 2.75 bits per heavy atom. The summed E-state index contributed by atoms with van der Waals surface area (Å²) in [6.07, 6.45) is 3.58. The maximum absolute atomic E-state index is 6.34. The second kappa shape index (κ2) is 6.04. The zero-order chi connectivity index (χ0) is 14.8. The van der Waals surface area contributed by atoms with Gasteiger partial charge in [0.25, 0.3) is 0 Å². The van der Waals surface area contributed by atoms with E-state index in [0.717, 1.165) is 24.4 Å². The van der Waals surface area contributed by atoms with E-state index in [1.54, 1.807) is 7.11 Å². The number of nitrogens with zero attached hydrogens (tertiary/aromatic N) is 1. The van der Waals surface area contributed by atoms with E-state index in [1.165, 1.54) is 12.8 Å². The van der Waals surface area contributed by atoms with Crippen molar-refractivity contribution in [1.29, 1.82) is 0 Å². The first-order chi connectivity index (χ1) is 9.43. The van der Waals surface area contributed by atoms with E-state index in [9.17, 15) is 0 Å². The standard InChI is InChI=1S/C17H28N2O/c1-17(2)10-9-14(18)13(11-17)12-19(3)15-7-5-6-8-16(15)20-4/h5-8,13-14H,9-12,18H2,1-4H3. The zero-order valence-corrected chi connectivity index (χ0v) is 13.2. The van der Waals surface area contributed by atoms with Gasteiger partial charge in [-0.05, 0) is 42.7 Å². The Balaban J connectivity index is 2.08. The van der Waals surface area contributed by atoms with Crippen molar-refractivity contribution >= 4 is 5.69 Å². The molecule has 0 heterocycles. The molecule has 3 nitrogen and oxygen atoms in total. The van der Waals surface area contributed by atoms with Crippen LogP contribution in [-0.4, -0.2) is 26.7 Å². The molecule has 2 unspecified atom stereocenters. The van der Waals surface area contributed by atoms with Gasteiger partial charge in [0.2, 0.25) is 0 Å². The third kappa shape index (κ3) is 3.45. The lowest BCUT2D eigenvalue weighted by atomic mass is 9.70. The van der Waals surface area contributed by atoms with Crippen molar-refractivity contribution in [2.24, 2.45) is 17.1 Å². The first kappa shape index (κ1) is 15.2. The molecule has 0 bridgehead atoms. The number of anilines is 1. The molecule has 1 aliphatic rings. The first-order valence-electron chi connectivity index (χ1n) is 7.53. The Hall–Kier alpha value is -1.22. The molecule has 20 heavy (non-hydrogen) atoms. The van der Waals surface area contributed by atoms with Crippen LogP contribution in [0, 0.1) is 11.3 Å². The third-order valence-corrected chi connectivity index (χ3v) is 4.58. The van der Waals surface area contributed by atoms with Gasteiger partial charge in [-0.2, -0.15) is 0 Å². The molecule has 1 aromatic rings. The van der Waals surface area contributed by atoms with Crippen LogP contribution in [0.2, 0.25) is 0 Å². The molecular weight excluding hydrogens is 248 g/mol. The minimum atomic E-state index is 0.320. The van der Waals surface area contributed by atoms with E-state index >= 15 is 0 Å². The van der Waals surface area contributed by atoms with Crippen molar-refractivity contribution in [3.05, 3.63) is 24.3 Å². The Kier molecular flexibility index (Phi) is 4.59. The fourth-order valence-corrected chi connectivity index (χ4v) is 3.35. The average Bonchev–Trinajstić information content (AvgIpc) is 2.42. The quantitative estimate of drug-likeness (QED) is 0.917. The molecule has 0 radical (unpaired) electrons. The van der Waals surface area contributed by atoms with Gasteiger partial charge in [0.1, 0.15) is 5.75 Å². The largest absolute Gasteiger partial charge is 0.495 e. The van der Waals surface area contributed by atoms with Crippen LogP contribution >= 0.6 is 0 Å². The van der Waals surface area contributed by atoms with Gasteiger partial charge in [-0.25, -0.2) is 0 Å². The van der Waals surface area contributed by atoms with E-state index in [2.05, 4.69) is 37.9 Å². The lowest BCUT2D eigenvalue weighted by Crippen LogP contribution is -2.44. The van der Waals surface area contributed by atoms with Crippen molar-refractivity contribution in [3.63, 3.8) is 0 Å². The summed E-state index contributed by atoms with van der Waals surface area (Å²) in [6, 6.07) is 8.50. The number of ether oxygens (including phenoxy) is 1. The molecule has 0 saturated heterocycles. The van der Waals surface area contributed by atoms with Gasteiger partial charge < -0.3 is 15.4 Å². The summed E-state index contributed by atoms with van der Waals surface area (Å²) < 4.78 is 5.45. The smallest absolute Gasteiger partial charge is 0.142 e. The summed E-state index contributed by atoms with van der Waals surface area (Å²) in [6.45, 7) is 5.70. The van der Waals surface area contributed by atoms with Gasteiger partial charge in [0, 0.05) is 19.6 Å². The van der Waals surface area contributed by atoms with Crippen LogP contribution in [0.4, 0.5) is 5.69 Å². The molecule has 0 aliphatic heterocycles. The van der Waals surface area contributed by atoms with Crippen LogP contribution in [0.25, 0.3) is 0 Å². The molecule has 112 valence electrons. The van der Waals surface area contributed by atoms with Gasteiger partial charge in [-0.1, -0.05) is 26.0 Å². The fourth-order valence-electron chi connectivity index (χ4n) is 3.35. The Labute approximate surface area is 123 Å². The summed E-state index contributed by atoms with van der Waals surface area (Å²) in [5, 5.41) is 0. The highest BCUT2D eigenvalue weighted by molar-refractivity contribution is 5.57. The van der Waals surface area contributed by atoms with Crippen molar-refractivity contribution in [1.82, 2.24) is 0 Å². The molecule has 1 saturated carbocycles. The van der Waals surface area contributed by atoms with Crippen molar-refractivity contribution in [2.45, 2.75) is 39.2 Å². The predicted molar refractivity (Wildman–Crippen MR) is 85.4 cm³/mol. The average molecular weight is 276 g/mol. The molecule has 0 spiro atoms. The highest BCUT2D eigenvalue weighted by Gasteiger charge is 2.33. The maximum Gasteiger partial charge on any atom is 0.142 e. The van der Waals surface area contributed by atoms with Crippen LogP contribution in [0.15, 0.2) is 24.3 Å². The number of hydrogen-bond donors (Lipinski definition) is 1. The number of benzene rings is 1. The number of rotatable bonds is 4. The summed E-state index contributed by atoms with van der Waals surface area (Å²) in [4.78, 5) is 2.28. The number of nitrogens with two attached hydrogens (primary N) is 1. The molecule has 3 heteroatoms. The molecule has 0 amide bonds. The highest BCUT2D eigenvalue weighted by Crippen LogP contribution is 2.39. The molecule has 2 atom stereocenters. The Morgan fingerprint density at radius 1 is 1.35 bits per heavy atom. The Morgan fingerprint density at radius 2 is 2.05 bits per heavy atom. The van der Waals surface area contributed by atoms with E-state index in [0.29, 0.717) is 17.4 Å². The monoisotopic (exact) mass is 276 g/mol. The van der Waals surface area contributed by atoms with Crippen LogP contribution in [-0.2, 0) is 0 Å². The van der Waals surface area contributed by atoms with Crippen molar-refractivity contribution in [2.75, 3.05) is 25.6 Å². The SMILES string of the molecule is COc1ccccc1N(C)CC1CC(C)(C)CCC1N. The van der Waals surface area contributed by atoms with Gasteiger partial charge in [0.15, 0.2) is 0 Å². The van der Waals surface area contributed by atoms with Gasteiger partial charge in [-0.15, -0.1) is 0 Å². The lowest BCUT2D eigenvalue weighted by molar-refractivity contribution is 0.161. The maximum atomic E-state index is 6.34. The summed E-state index contributed by atoms with van der Waals surface area (Å²) in [5.74, 6) is 1.48. The number of para-hydroxylation sites is 2. The van der Waals surface area contributed by atoms with E-state index in [-0.39, 0.29) is 0 Å². The summed E-state index contributed by atoms with van der Waals surface area (Å²) >= 11 is 0. The molecular formula is C17H28N2O. The first-order valence-corrected chi connectivity index (χ1v) is 7.53. The molecule has 2 rings (SSSR count). The van der Waals surface area contributed by atoms with E-state index < -0.39 is 0 Å². The van der Waals surface area contributed by atoms with Crippen LogP contribution < -0.4 is 15.4 Å². The van der Waals surface area contributed by atoms with Crippen LogP contribution in [0.3, 0.4) is 0 Å². The molecule has 1 fully saturated rings. The fraction of sp³-hybridized carbons (Fsp3) is 0.647. The van der Waals surface area contributed by atoms with Crippen LogP contribution in [0.1, 0.15) is 33.1 Å². The second-order valence-corrected chi connectivity index (χ2v) is 6.88. The summed E-state index contributed by atoms with van der Waals surface area (Å²) in [7, 11) is 3.86. The zero-order valence-electron chi connectivity index (χ0n) is 13.2. The summed E-state index contributed by atoms with van der Waals surface area (Å²) in [5.41, 5.74) is 7.90. The molecule has 1 aromatic carbocycles. The van der Waals surface area contributed by atoms with Gasteiger partial charge >= 0.3 is 0 Å². The van der Waals surface area contributed by atoms with Crippen molar-refractivity contribution in [3.8, 4) is 5.75 Å². The molecule has 1 aliphatic carbocycles. The third-order valence-electron chi connectivity index (χ3n) is 4.58. The minimum absolute atomic E-state index is 0.320. The van der Waals surface area contributed by atoms with Gasteiger partial charge in [0.05, 0.1) is 12.8 Å². The van der Waals surface area contributed by atoms with Crippen LogP contribution in [0.5, 0.6) is 5.75 Å². The number of hydrogen-bond acceptors (Lipinski definition) is 3. The van der Waals surface area contributed by atoms with E-state index in [1.807, 2.05) is 12.1 Å². The normalized spacial score (nSPS) is 25.2. The topological polar surface area (TPSA) is 38.5 Å². The minimum Gasteiger partial charge on any atom is -0.495 e. The highest BCUT2D eigenvalue weighted by atomic mass is 16.5. The lowest BCUT2D eigenvalue weighted by Gasteiger charge is -2.41. The predicted octanol–water partition coefficient (Wildman–Crippen LogP) is 3.29.